The quantitative estimate of drug-likeness (QED) is 0.612. The Morgan fingerprint density at radius 1 is 1.76 bits per heavy atom. The molecule has 0 radical (unpaired) electrons. The van der Waals surface area contributed by atoms with E-state index in [1.165, 1.54) is 0 Å². The number of amides is 1. The first-order valence-corrected chi connectivity index (χ1v) is 8.36. The maximum atomic E-state index is 11.1. The largest absolute Gasteiger partial charge is 0.379 e. The summed E-state index contributed by atoms with van der Waals surface area (Å²) in [5.74, 6) is 0.0514. The second kappa shape index (κ2) is 7.82. The Bertz CT molecular complexity index is 467. The van der Waals surface area contributed by atoms with Gasteiger partial charge in [0.05, 0.1) is 23.7 Å². The Balaban J connectivity index is 1.93. The molecule has 1 aromatic rings. The van der Waals surface area contributed by atoms with E-state index in [0.717, 1.165) is 35.8 Å². The molecule has 1 aliphatic heterocycles. The highest BCUT2D eigenvalue weighted by molar-refractivity contribution is 7.80. The molecule has 7 heteroatoms. The smallest absolute Gasteiger partial charge is 0.210 e. The van der Waals surface area contributed by atoms with Crippen LogP contribution in [0.3, 0.4) is 0 Å². The number of methoxy groups -OCH3 is 1. The number of rotatable bonds is 7. The van der Waals surface area contributed by atoms with Gasteiger partial charge < -0.3 is 15.0 Å². The second-order valence-electron chi connectivity index (χ2n) is 5.19. The van der Waals surface area contributed by atoms with Crippen LogP contribution in [-0.2, 0) is 16.1 Å². The molecular formula is C14H21N3O2S2. The lowest BCUT2D eigenvalue weighted by atomic mass is 9.95. The summed E-state index contributed by atoms with van der Waals surface area (Å²) in [5.41, 5.74) is 0. The fourth-order valence-electron chi connectivity index (χ4n) is 2.81. The SMILES string of the molecule is COC(C(C)C(=S)NCc1nccs1)C1CCCN1C=O. The summed E-state index contributed by atoms with van der Waals surface area (Å²) in [7, 11) is 1.69. The molecule has 0 spiro atoms. The molecule has 116 valence electrons. The molecule has 2 rings (SSSR count). The van der Waals surface area contributed by atoms with E-state index in [-0.39, 0.29) is 18.1 Å². The molecule has 0 bridgehead atoms. The highest BCUT2D eigenvalue weighted by Crippen LogP contribution is 2.25. The number of hydrogen-bond acceptors (Lipinski definition) is 5. The predicted octanol–water partition coefficient (Wildman–Crippen LogP) is 1.83. The number of carbonyl (C=O) groups is 1. The number of aromatic nitrogens is 1. The normalized spacial score (nSPS) is 21.0. The van der Waals surface area contributed by atoms with Crippen molar-refractivity contribution in [3.05, 3.63) is 16.6 Å². The van der Waals surface area contributed by atoms with E-state index in [1.807, 2.05) is 17.2 Å². The van der Waals surface area contributed by atoms with Gasteiger partial charge in [0.15, 0.2) is 0 Å². The van der Waals surface area contributed by atoms with Gasteiger partial charge in [-0.05, 0) is 12.8 Å². The lowest BCUT2D eigenvalue weighted by Gasteiger charge is -2.32. The Labute approximate surface area is 134 Å². The minimum Gasteiger partial charge on any atom is -0.379 e. The summed E-state index contributed by atoms with van der Waals surface area (Å²) < 4.78 is 5.65. The Morgan fingerprint density at radius 3 is 3.19 bits per heavy atom. The molecule has 1 fully saturated rings. The molecule has 1 aliphatic rings. The third-order valence-electron chi connectivity index (χ3n) is 3.93. The van der Waals surface area contributed by atoms with Crippen molar-refractivity contribution in [2.45, 2.75) is 38.5 Å². The molecule has 0 saturated carbocycles. The zero-order valence-electron chi connectivity index (χ0n) is 12.3. The van der Waals surface area contributed by atoms with Gasteiger partial charge in [0, 0.05) is 31.1 Å². The molecule has 2 heterocycles. The van der Waals surface area contributed by atoms with E-state index in [1.54, 1.807) is 24.6 Å². The van der Waals surface area contributed by atoms with Crippen LogP contribution in [0.5, 0.6) is 0 Å². The van der Waals surface area contributed by atoms with E-state index in [4.69, 9.17) is 17.0 Å². The molecular weight excluding hydrogens is 306 g/mol. The van der Waals surface area contributed by atoms with Gasteiger partial charge in [-0.25, -0.2) is 4.98 Å². The van der Waals surface area contributed by atoms with E-state index in [0.29, 0.717) is 6.54 Å². The van der Waals surface area contributed by atoms with Crippen molar-refractivity contribution >= 4 is 35.0 Å². The number of thiocarbonyl (C=S) groups is 1. The van der Waals surface area contributed by atoms with Crippen LogP contribution < -0.4 is 5.32 Å². The van der Waals surface area contributed by atoms with E-state index in [2.05, 4.69) is 10.3 Å². The highest BCUT2D eigenvalue weighted by Gasteiger charge is 2.35. The first-order valence-electron chi connectivity index (χ1n) is 7.07. The van der Waals surface area contributed by atoms with E-state index in [9.17, 15) is 4.79 Å². The van der Waals surface area contributed by atoms with E-state index < -0.39 is 0 Å². The summed E-state index contributed by atoms with van der Waals surface area (Å²) in [6.07, 6.45) is 4.62. The lowest BCUT2D eigenvalue weighted by molar-refractivity contribution is -0.121. The van der Waals surface area contributed by atoms with Crippen molar-refractivity contribution in [2.75, 3.05) is 13.7 Å². The van der Waals surface area contributed by atoms with Crippen LogP contribution in [0.15, 0.2) is 11.6 Å². The first kappa shape index (κ1) is 16.3. The van der Waals surface area contributed by atoms with Gasteiger partial charge in [-0.1, -0.05) is 19.1 Å². The number of nitrogens with zero attached hydrogens (tertiary/aromatic N) is 2. The van der Waals surface area contributed by atoms with Crippen molar-refractivity contribution in [3.8, 4) is 0 Å². The molecule has 0 aromatic carbocycles. The maximum absolute atomic E-state index is 11.1. The summed E-state index contributed by atoms with van der Waals surface area (Å²) in [5, 5.41) is 6.20. The number of ether oxygens (including phenoxy) is 1. The molecule has 1 N–H and O–H groups in total. The van der Waals surface area contributed by atoms with Crippen molar-refractivity contribution in [3.63, 3.8) is 0 Å². The maximum Gasteiger partial charge on any atom is 0.210 e. The van der Waals surface area contributed by atoms with E-state index >= 15 is 0 Å². The Hall–Kier alpha value is -1.05. The molecule has 1 aromatic heterocycles. The number of likely N-dealkylation sites (tertiary alicyclic amines) is 1. The van der Waals surface area contributed by atoms with Crippen molar-refractivity contribution in [1.82, 2.24) is 15.2 Å². The Kier molecular flexibility index (Phi) is 6.08. The van der Waals surface area contributed by atoms with Gasteiger partial charge in [0.2, 0.25) is 6.41 Å². The van der Waals surface area contributed by atoms with Gasteiger partial charge in [0.1, 0.15) is 5.01 Å². The Morgan fingerprint density at radius 2 is 2.57 bits per heavy atom. The number of hydrogen-bond donors (Lipinski definition) is 1. The predicted molar refractivity (Wildman–Crippen MR) is 87.3 cm³/mol. The van der Waals surface area contributed by atoms with Gasteiger partial charge in [-0.3, -0.25) is 4.79 Å². The van der Waals surface area contributed by atoms with Gasteiger partial charge >= 0.3 is 0 Å². The van der Waals surface area contributed by atoms with Crippen LogP contribution in [0.25, 0.3) is 0 Å². The number of carbonyl (C=O) groups excluding carboxylic acids is 1. The van der Waals surface area contributed by atoms with Gasteiger partial charge in [-0.15, -0.1) is 11.3 Å². The van der Waals surface area contributed by atoms with Crippen LogP contribution in [0.4, 0.5) is 0 Å². The highest BCUT2D eigenvalue weighted by atomic mass is 32.1. The molecule has 21 heavy (non-hydrogen) atoms. The monoisotopic (exact) mass is 327 g/mol. The van der Waals surface area contributed by atoms with Crippen LogP contribution in [0, 0.1) is 5.92 Å². The second-order valence-corrected chi connectivity index (χ2v) is 6.60. The fraction of sp³-hybridized carbons (Fsp3) is 0.643. The van der Waals surface area contributed by atoms with Crippen LogP contribution in [0.1, 0.15) is 24.8 Å². The van der Waals surface area contributed by atoms with Crippen molar-refractivity contribution in [1.29, 1.82) is 0 Å². The molecule has 0 aliphatic carbocycles. The number of thiazole rings is 1. The molecule has 3 unspecified atom stereocenters. The van der Waals surface area contributed by atoms with Crippen LogP contribution >= 0.6 is 23.6 Å². The van der Waals surface area contributed by atoms with Crippen LogP contribution in [0.2, 0.25) is 0 Å². The molecule has 1 saturated heterocycles. The van der Waals surface area contributed by atoms with Gasteiger partial charge in [0.25, 0.3) is 0 Å². The average Bonchev–Trinajstić information content (AvgIpc) is 3.16. The minimum absolute atomic E-state index is 0.0514. The average molecular weight is 327 g/mol. The fourth-order valence-corrected chi connectivity index (χ4v) is 3.57. The van der Waals surface area contributed by atoms with Crippen LogP contribution in [-0.4, -0.2) is 47.1 Å². The summed E-state index contributed by atoms with van der Waals surface area (Å²) in [6, 6.07) is 0.113. The lowest BCUT2D eigenvalue weighted by Crippen LogP contribution is -2.47. The summed E-state index contributed by atoms with van der Waals surface area (Å²) >= 11 is 7.08. The minimum atomic E-state index is -0.0750. The standard InChI is InChI=1S/C14H21N3O2S2/c1-10(14(20)16-8-12-15-5-7-21-12)13(19-2)11-4-3-6-17(11)9-18/h5,7,9-11,13H,3-4,6,8H2,1-2H3,(H,16,20). The summed E-state index contributed by atoms with van der Waals surface area (Å²) in [4.78, 5) is 17.9. The third-order valence-corrected chi connectivity index (χ3v) is 5.23. The zero-order chi connectivity index (χ0) is 15.2. The summed E-state index contributed by atoms with van der Waals surface area (Å²) in [6.45, 7) is 3.49. The molecule has 3 atom stereocenters. The van der Waals surface area contributed by atoms with Gasteiger partial charge in [-0.2, -0.15) is 0 Å². The number of nitrogens with one attached hydrogen (secondary N) is 1. The topological polar surface area (TPSA) is 54.5 Å². The van der Waals surface area contributed by atoms with Crippen molar-refractivity contribution in [2.24, 2.45) is 5.92 Å². The third kappa shape index (κ3) is 3.99. The molecule has 5 nitrogen and oxygen atoms in total. The molecule has 1 amide bonds. The van der Waals surface area contributed by atoms with Crippen molar-refractivity contribution < 1.29 is 9.53 Å². The first-order chi connectivity index (χ1) is 10.2. The zero-order valence-corrected chi connectivity index (χ0v) is 14.0.